The number of benzene rings is 2. The molecular formula is C20H16ClN3O. The molecule has 2 heterocycles. The van der Waals surface area contributed by atoms with Gasteiger partial charge in [0.15, 0.2) is 5.75 Å². The van der Waals surface area contributed by atoms with Crippen molar-refractivity contribution in [3.05, 3.63) is 77.8 Å². The van der Waals surface area contributed by atoms with Gasteiger partial charge in [-0.15, -0.1) is 0 Å². The van der Waals surface area contributed by atoms with Crippen LogP contribution in [0.4, 0.5) is 0 Å². The molecule has 0 aliphatic carbocycles. The molecule has 5 heteroatoms. The van der Waals surface area contributed by atoms with Crippen LogP contribution in [-0.2, 0) is 13.7 Å². The van der Waals surface area contributed by atoms with E-state index in [2.05, 4.69) is 26.7 Å². The van der Waals surface area contributed by atoms with E-state index in [0.29, 0.717) is 18.1 Å². The lowest BCUT2D eigenvalue weighted by molar-refractivity contribution is 0.305. The molecule has 4 aromatic rings. The number of rotatable bonds is 4. The SMILES string of the molecule is Cn1cc(-c2nc(Cl)ncc2OCc2ccccc2)c2ccccc21. The van der Waals surface area contributed by atoms with Crippen LogP contribution in [0.5, 0.6) is 5.75 Å². The molecule has 2 aromatic carbocycles. The standard InChI is InChI=1S/C20H16ClN3O/c1-24-12-16(15-9-5-6-10-17(15)24)19-18(11-22-20(21)23-19)25-13-14-7-3-2-4-8-14/h2-12H,13H2,1H3. The summed E-state index contributed by atoms with van der Waals surface area (Å²) in [6, 6.07) is 18.2. The minimum atomic E-state index is 0.204. The van der Waals surface area contributed by atoms with Gasteiger partial charge in [-0.1, -0.05) is 48.5 Å². The second-order valence-electron chi connectivity index (χ2n) is 5.80. The van der Waals surface area contributed by atoms with Gasteiger partial charge < -0.3 is 9.30 Å². The second kappa shape index (κ2) is 6.57. The van der Waals surface area contributed by atoms with Crippen molar-refractivity contribution in [2.24, 2.45) is 7.05 Å². The van der Waals surface area contributed by atoms with Crippen molar-refractivity contribution in [1.29, 1.82) is 0 Å². The predicted molar refractivity (Wildman–Crippen MR) is 99.7 cm³/mol. The molecule has 0 radical (unpaired) electrons. The largest absolute Gasteiger partial charge is 0.485 e. The molecule has 0 saturated carbocycles. The summed E-state index contributed by atoms with van der Waals surface area (Å²) in [7, 11) is 2.01. The number of fused-ring (bicyclic) bond motifs is 1. The Labute approximate surface area is 150 Å². The van der Waals surface area contributed by atoms with Gasteiger partial charge in [0.05, 0.1) is 6.20 Å². The summed E-state index contributed by atoms with van der Waals surface area (Å²) < 4.78 is 8.07. The van der Waals surface area contributed by atoms with Crippen LogP contribution in [0.2, 0.25) is 5.28 Å². The number of aryl methyl sites for hydroxylation is 1. The number of hydrogen-bond donors (Lipinski definition) is 0. The summed E-state index contributed by atoms with van der Waals surface area (Å²) in [6.45, 7) is 0.448. The van der Waals surface area contributed by atoms with Gasteiger partial charge in [-0.25, -0.2) is 9.97 Å². The number of ether oxygens (including phenoxy) is 1. The van der Waals surface area contributed by atoms with E-state index < -0.39 is 0 Å². The summed E-state index contributed by atoms with van der Waals surface area (Å²) in [5, 5.41) is 1.30. The highest BCUT2D eigenvalue weighted by Crippen LogP contribution is 2.35. The fraction of sp³-hybridized carbons (Fsp3) is 0.100. The fourth-order valence-electron chi connectivity index (χ4n) is 2.91. The average Bonchev–Trinajstić information content (AvgIpc) is 2.98. The summed E-state index contributed by atoms with van der Waals surface area (Å²) >= 11 is 6.06. The molecule has 4 rings (SSSR count). The van der Waals surface area contributed by atoms with Gasteiger partial charge in [0.1, 0.15) is 12.3 Å². The minimum Gasteiger partial charge on any atom is -0.485 e. The highest BCUT2D eigenvalue weighted by molar-refractivity contribution is 6.28. The highest BCUT2D eigenvalue weighted by atomic mass is 35.5. The third-order valence-corrected chi connectivity index (χ3v) is 4.30. The number of hydrogen-bond acceptors (Lipinski definition) is 3. The van der Waals surface area contributed by atoms with Crippen molar-refractivity contribution in [2.75, 3.05) is 0 Å². The maximum Gasteiger partial charge on any atom is 0.223 e. The first-order chi connectivity index (χ1) is 12.2. The predicted octanol–water partition coefficient (Wildman–Crippen LogP) is 4.87. The normalized spacial score (nSPS) is 11.0. The zero-order valence-corrected chi connectivity index (χ0v) is 14.4. The molecule has 0 saturated heterocycles. The third-order valence-electron chi connectivity index (χ3n) is 4.12. The van der Waals surface area contributed by atoms with E-state index in [0.717, 1.165) is 22.0 Å². The molecular weight excluding hydrogens is 334 g/mol. The van der Waals surface area contributed by atoms with Crippen LogP contribution in [-0.4, -0.2) is 14.5 Å². The Hall–Kier alpha value is -2.85. The van der Waals surface area contributed by atoms with Crippen LogP contribution in [0, 0.1) is 0 Å². The van der Waals surface area contributed by atoms with Crippen molar-refractivity contribution >= 4 is 22.5 Å². The number of para-hydroxylation sites is 1. The Balaban J connectivity index is 1.77. The molecule has 0 unspecified atom stereocenters. The Kier molecular flexibility index (Phi) is 4.12. The first-order valence-corrected chi connectivity index (χ1v) is 8.34. The molecule has 0 spiro atoms. The summed E-state index contributed by atoms with van der Waals surface area (Å²) in [4.78, 5) is 8.52. The van der Waals surface area contributed by atoms with Crippen LogP contribution in [0.15, 0.2) is 67.0 Å². The lowest BCUT2D eigenvalue weighted by atomic mass is 10.1. The molecule has 0 fully saturated rings. The van der Waals surface area contributed by atoms with Gasteiger partial charge in [0.2, 0.25) is 5.28 Å². The van der Waals surface area contributed by atoms with Crippen LogP contribution in [0.1, 0.15) is 5.56 Å². The van der Waals surface area contributed by atoms with Gasteiger partial charge in [-0.2, -0.15) is 0 Å². The Morgan fingerprint density at radius 3 is 2.64 bits per heavy atom. The molecule has 0 bridgehead atoms. The molecule has 0 N–H and O–H groups in total. The number of aromatic nitrogens is 3. The second-order valence-corrected chi connectivity index (χ2v) is 6.14. The van der Waals surface area contributed by atoms with Crippen molar-refractivity contribution in [3.63, 3.8) is 0 Å². The van der Waals surface area contributed by atoms with E-state index in [1.54, 1.807) is 6.20 Å². The third kappa shape index (κ3) is 3.08. The van der Waals surface area contributed by atoms with Crippen LogP contribution < -0.4 is 4.74 Å². The Bertz CT molecular complexity index is 1030. The fourth-order valence-corrected chi connectivity index (χ4v) is 3.05. The van der Waals surface area contributed by atoms with Gasteiger partial charge >= 0.3 is 0 Å². The maximum absolute atomic E-state index is 6.06. The van der Waals surface area contributed by atoms with Gasteiger partial charge in [-0.05, 0) is 23.2 Å². The minimum absolute atomic E-state index is 0.204. The molecule has 0 amide bonds. The molecule has 2 aromatic heterocycles. The van der Waals surface area contributed by atoms with Crippen LogP contribution in [0.3, 0.4) is 0 Å². The van der Waals surface area contributed by atoms with Gasteiger partial charge in [0.25, 0.3) is 0 Å². The number of halogens is 1. The quantitative estimate of drug-likeness (QED) is 0.493. The molecule has 25 heavy (non-hydrogen) atoms. The smallest absolute Gasteiger partial charge is 0.223 e. The average molecular weight is 350 g/mol. The van der Waals surface area contributed by atoms with Crippen LogP contribution >= 0.6 is 11.6 Å². The van der Waals surface area contributed by atoms with E-state index in [1.165, 1.54) is 0 Å². The summed E-state index contributed by atoms with van der Waals surface area (Å²) in [5.74, 6) is 0.615. The van der Waals surface area contributed by atoms with Crippen molar-refractivity contribution in [2.45, 2.75) is 6.61 Å². The van der Waals surface area contributed by atoms with Crippen LogP contribution in [0.25, 0.3) is 22.2 Å². The summed E-state index contributed by atoms with van der Waals surface area (Å²) in [6.07, 6.45) is 3.67. The van der Waals surface area contributed by atoms with E-state index in [-0.39, 0.29) is 5.28 Å². The highest BCUT2D eigenvalue weighted by Gasteiger charge is 2.16. The molecule has 0 aliphatic rings. The molecule has 4 nitrogen and oxygen atoms in total. The lowest BCUT2D eigenvalue weighted by Gasteiger charge is -2.10. The molecule has 124 valence electrons. The van der Waals surface area contributed by atoms with Gasteiger partial charge in [-0.3, -0.25) is 0 Å². The molecule has 0 aliphatic heterocycles. The van der Waals surface area contributed by atoms with E-state index >= 15 is 0 Å². The zero-order chi connectivity index (χ0) is 17.2. The summed E-state index contributed by atoms with van der Waals surface area (Å²) in [5.41, 5.74) is 3.89. The monoisotopic (exact) mass is 349 g/mol. The topological polar surface area (TPSA) is 39.9 Å². The first-order valence-electron chi connectivity index (χ1n) is 7.96. The van der Waals surface area contributed by atoms with Crippen molar-refractivity contribution < 1.29 is 4.74 Å². The first kappa shape index (κ1) is 15.7. The van der Waals surface area contributed by atoms with E-state index in [4.69, 9.17) is 16.3 Å². The maximum atomic E-state index is 6.06. The Morgan fingerprint density at radius 2 is 1.80 bits per heavy atom. The lowest BCUT2D eigenvalue weighted by Crippen LogP contribution is -1.99. The molecule has 0 atom stereocenters. The number of nitrogens with zero attached hydrogens (tertiary/aromatic N) is 3. The Morgan fingerprint density at radius 1 is 1.04 bits per heavy atom. The zero-order valence-electron chi connectivity index (χ0n) is 13.7. The van der Waals surface area contributed by atoms with Crippen molar-refractivity contribution in [3.8, 4) is 17.0 Å². The van der Waals surface area contributed by atoms with E-state index in [1.807, 2.05) is 55.7 Å². The van der Waals surface area contributed by atoms with E-state index in [9.17, 15) is 0 Å². The van der Waals surface area contributed by atoms with Gasteiger partial charge in [0, 0.05) is 29.7 Å². The van der Waals surface area contributed by atoms with Crippen molar-refractivity contribution in [1.82, 2.24) is 14.5 Å².